The van der Waals surface area contributed by atoms with Crippen molar-refractivity contribution < 1.29 is 32.8 Å². The highest BCUT2D eigenvalue weighted by molar-refractivity contribution is 7.93. The molecule has 0 saturated carbocycles. The van der Waals surface area contributed by atoms with E-state index in [9.17, 15) is 28.1 Å². The molecular weight excluding hydrogens is 308 g/mol. The molecule has 0 saturated heterocycles. The summed E-state index contributed by atoms with van der Waals surface area (Å²) in [6.07, 6.45) is 0. The molecule has 1 aromatic carbocycles. The first-order valence-electron chi connectivity index (χ1n) is 5.25. The summed E-state index contributed by atoms with van der Waals surface area (Å²) in [7, 11) is -3.20. The van der Waals surface area contributed by atoms with Crippen molar-refractivity contribution >= 4 is 33.3 Å². The number of carbonyl (C=O) groups excluding carboxylic acids is 1. The fraction of sp³-hybridized carbons (Fsp3) is 0.200. The smallest absolute Gasteiger partial charge is 0.338 e. The third-order valence-electron chi connectivity index (χ3n) is 2.25. The fourth-order valence-corrected chi connectivity index (χ4v) is 2.34. The van der Waals surface area contributed by atoms with Gasteiger partial charge in [-0.25, -0.2) is 13.2 Å². The van der Waals surface area contributed by atoms with Gasteiger partial charge in [-0.1, -0.05) is 0 Å². The van der Waals surface area contributed by atoms with Crippen molar-refractivity contribution in [3.05, 3.63) is 33.9 Å². The van der Waals surface area contributed by atoms with Gasteiger partial charge in [-0.3, -0.25) is 19.6 Å². The number of non-ortho nitro benzene ring substituents is 1. The van der Waals surface area contributed by atoms with E-state index in [0.717, 1.165) is 19.2 Å². The van der Waals surface area contributed by atoms with E-state index in [1.807, 2.05) is 4.72 Å². The maximum Gasteiger partial charge on any atom is 0.338 e. The number of esters is 1. The van der Waals surface area contributed by atoms with Gasteiger partial charge in [-0.05, 0) is 6.07 Å². The molecule has 0 atom stereocenters. The highest BCUT2D eigenvalue weighted by Gasteiger charge is 2.22. The maximum atomic E-state index is 11.6. The molecule has 10 nitrogen and oxygen atoms in total. The number of carboxylic acids is 1. The van der Waals surface area contributed by atoms with Gasteiger partial charge in [0.25, 0.3) is 5.69 Å². The van der Waals surface area contributed by atoms with Crippen molar-refractivity contribution in [1.82, 2.24) is 0 Å². The predicted octanol–water partition coefficient (Wildman–Crippen LogP) is 0.208. The topological polar surface area (TPSA) is 153 Å². The quantitative estimate of drug-likeness (QED) is 0.428. The summed E-state index contributed by atoms with van der Waals surface area (Å²) in [5.41, 5.74) is -1.52. The third kappa shape index (κ3) is 4.42. The number of nitrogens with zero attached hydrogens (tertiary/aromatic N) is 1. The molecule has 0 fully saturated rings. The Balaban J connectivity index is 3.16. The lowest BCUT2D eigenvalue weighted by molar-refractivity contribution is -0.384. The minimum atomic E-state index is -4.19. The summed E-state index contributed by atoms with van der Waals surface area (Å²) < 4.78 is 29.3. The van der Waals surface area contributed by atoms with Crippen LogP contribution in [-0.2, 0) is 19.6 Å². The zero-order valence-corrected chi connectivity index (χ0v) is 11.4. The Kier molecular flexibility index (Phi) is 4.81. The van der Waals surface area contributed by atoms with Gasteiger partial charge in [-0.2, -0.15) is 0 Å². The van der Waals surface area contributed by atoms with Crippen molar-refractivity contribution in [2.45, 2.75) is 0 Å². The molecule has 11 heteroatoms. The van der Waals surface area contributed by atoms with E-state index < -0.39 is 49.6 Å². The third-order valence-corrected chi connectivity index (χ3v) is 3.39. The van der Waals surface area contributed by atoms with Crippen LogP contribution in [0.3, 0.4) is 0 Å². The summed E-state index contributed by atoms with van der Waals surface area (Å²) in [4.78, 5) is 31.7. The van der Waals surface area contributed by atoms with Crippen molar-refractivity contribution in [1.29, 1.82) is 0 Å². The van der Waals surface area contributed by atoms with Crippen LogP contribution < -0.4 is 4.72 Å². The Morgan fingerprint density at radius 1 is 1.43 bits per heavy atom. The Labute approximate surface area is 118 Å². The highest BCUT2D eigenvalue weighted by Crippen LogP contribution is 2.23. The van der Waals surface area contributed by atoms with Crippen LogP contribution in [0.25, 0.3) is 0 Å². The molecule has 21 heavy (non-hydrogen) atoms. The zero-order valence-electron chi connectivity index (χ0n) is 10.6. The molecule has 0 spiro atoms. The number of ether oxygens (including phenoxy) is 1. The number of hydrogen-bond acceptors (Lipinski definition) is 7. The number of sulfonamides is 1. The van der Waals surface area contributed by atoms with E-state index in [2.05, 4.69) is 4.74 Å². The first-order chi connectivity index (χ1) is 9.66. The van der Waals surface area contributed by atoms with Gasteiger partial charge in [0.2, 0.25) is 10.0 Å². The van der Waals surface area contributed by atoms with Gasteiger partial charge in [0, 0.05) is 12.1 Å². The maximum absolute atomic E-state index is 11.6. The second-order valence-electron chi connectivity index (χ2n) is 3.73. The molecular formula is C10H10N2O8S. The van der Waals surface area contributed by atoms with E-state index in [4.69, 9.17) is 5.11 Å². The van der Waals surface area contributed by atoms with Crippen LogP contribution in [0.15, 0.2) is 18.2 Å². The van der Waals surface area contributed by atoms with E-state index >= 15 is 0 Å². The summed E-state index contributed by atoms with van der Waals surface area (Å²) in [5.74, 6) is -3.62. The first kappa shape index (κ1) is 16.4. The van der Waals surface area contributed by atoms with E-state index in [0.29, 0.717) is 6.07 Å². The highest BCUT2D eigenvalue weighted by atomic mass is 32.2. The number of carboxylic acid groups (broad SMARTS) is 1. The lowest BCUT2D eigenvalue weighted by Crippen LogP contribution is -2.24. The Hall–Kier alpha value is -2.69. The molecule has 0 aliphatic carbocycles. The van der Waals surface area contributed by atoms with Gasteiger partial charge in [0.15, 0.2) is 5.75 Å². The average molecular weight is 318 g/mol. The molecule has 1 rings (SSSR count). The van der Waals surface area contributed by atoms with E-state index in [-0.39, 0.29) is 0 Å². The van der Waals surface area contributed by atoms with Crippen LogP contribution in [-0.4, -0.2) is 43.2 Å². The van der Waals surface area contributed by atoms with Crippen LogP contribution >= 0.6 is 0 Å². The lowest BCUT2D eigenvalue weighted by Gasteiger charge is -2.09. The molecule has 0 bridgehead atoms. The number of nitro groups is 1. The Morgan fingerprint density at radius 2 is 2.05 bits per heavy atom. The van der Waals surface area contributed by atoms with Gasteiger partial charge < -0.3 is 9.84 Å². The summed E-state index contributed by atoms with van der Waals surface area (Å²) in [5, 5.41) is 19.5. The van der Waals surface area contributed by atoms with Crippen LogP contribution in [0.5, 0.6) is 0 Å². The Bertz CT molecular complexity index is 697. The molecule has 0 aromatic heterocycles. The van der Waals surface area contributed by atoms with Crippen molar-refractivity contribution in [3.8, 4) is 0 Å². The second-order valence-corrected chi connectivity index (χ2v) is 5.45. The number of methoxy groups -OCH3 is 1. The molecule has 114 valence electrons. The molecule has 0 radical (unpaired) electrons. The number of aromatic carboxylic acids is 1. The summed E-state index contributed by atoms with van der Waals surface area (Å²) >= 11 is 0. The van der Waals surface area contributed by atoms with Crippen molar-refractivity contribution in [2.24, 2.45) is 0 Å². The van der Waals surface area contributed by atoms with Crippen molar-refractivity contribution in [2.75, 3.05) is 17.6 Å². The fourth-order valence-electron chi connectivity index (χ4n) is 1.33. The summed E-state index contributed by atoms with van der Waals surface area (Å²) in [6.45, 7) is 0. The first-order valence-corrected chi connectivity index (χ1v) is 6.90. The molecule has 2 N–H and O–H groups in total. The standard InChI is InChI=1S/C10H10N2O8S/c1-20-9(13)5-21(18,19)11-8-3-2-6(12(16)17)4-7(8)10(14)15/h2-4,11H,5H2,1H3,(H,14,15). The van der Waals surface area contributed by atoms with Crippen LogP contribution in [0.2, 0.25) is 0 Å². The molecule has 0 amide bonds. The van der Waals surface area contributed by atoms with Crippen LogP contribution in [0.4, 0.5) is 11.4 Å². The van der Waals surface area contributed by atoms with Gasteiger partial charge in [0.05, 0.1) is 23.3 Å². The molecule has 0 heterocycles. The number of nitrogens with one attached hydrogen (secondary N) is 1. The van der Waals surface area contributed by atoms with Crippen molar-refractivity contribution in [3.63, 3.8) is 0 Å². The number of hydrogen-bond donors (Lipinski definition) is 2. The second kappa shape index (κ2) is 6.17. The predicted molar refractivity (Wildman–Crippen MR) is 69.5 cm³/mol. The van der Waals surface area contributed by atoms with Gasteiger partial charge in [-0.15, -0.1) is 0 Å². The van der Waals surface area contributed by atoms with E-state index in [1.54, 1.807) is 0 Å². The minimum absolute atomic E-state index is 0.392. The zero-order chi connectivity index (χ0) is 16.2. The molecule has 1 aromatic rings. The van der Waals surface area contributed by atoms with E-state index in [1.165, 1.54) is 0 Å². The number of carbonyl (C=O) groups is 2. The van der Waals surface area contributed by atoms with Crippen LogP contribution in [0.1, 0.15) is 10.4 Å². The largest absolute Gasteiger partial charge is 0.478 e. The Morgan fingerprint density at radius 3 is 2.52 bits per heavy atom. The normalized spacial score (nSPS) is 10.7. The van der Waals surface area contributed by atoms with Gasteiger partial charge >= 0.3 is 11.9 Å². The van der Waals surface area contributed by atoms with Gasteiger partial charge in [0.1, 0.15) is 0 Å². The molecule has 0 aliphatic rings. The average Bonchev–Trinajstić information content (AvgIpc) is 2.37. The number of benzene rings is 1. The SMILES string of the molecule is COC(=O)CS(=O)(=O)Nc1ccc([N+](=O)[O-])cc1C(=O)O. The molecule has 0 unspecified atom stereocenters. The minimum Gasteiger partial charge on any atom is -0.478 e. The lowest BCUT2D eigenvalue weighted by atomic mass is 10.1. The van der Waals surface area contributed by atoms with Crippen LogP contribution in [0, 0.1) is 10.1 Å². The molecule has 0 aliphatic heterocycles. The monoisotopic (exact) mass is 318 g/mol. The number of anilines is 1. The summed E-state index contributed by atoms with van der Waals surface area (Å²) in [6, 6.07) is 2.57. The number of nitro benzene ring substituents is 1. The number of rotatable bonds is 6.